The number of benzene rings is 1. The number of carbonyl (C=O) groups excluding carboxylic acids is 2. The van der Waals surface area contributed by atoms with Gasteiger partial charge in [-0.05, 0) is 50.5 Å². The predicted molar refractivity (Wildman–Crippen MR) is 95.8 cm³/mol. The van der Waals surface area contributed by atoms with E-state index in [1.54, 1.807) is 5.48 Å². The average molecular weight is 347 g/mol. The van der Waals surface area contributed by atoms with Crippen LogP contribution in [0, 0.1) is 5.92 Å². The van der Waals surface area contributed by atoms with E-state index < -0.39 is 5.54 Å². The number of nitrogens with two attached hydrogens (primary N) is 1. The van der Waals surface area contributed by atoms with Crippen LogP contribution in [0.1, 0.15) is 44.6 Å². The lowest BCUT2D eigenvalue weighted by Gasteiger charge is -2.37. The molecule has 1 aliphatic heterocycles. The maximum absolute atomic E-state index is 12.8. The van der Waals surface area contributed by atoms with E-state index in [-0.39, 0.29) is 11.8 Å². The first-order valence-electron chi connectivity index (χ1n) is 8.97. The van der Waals surface area contributed by atoms with Crippen molar-refractivity contribution in [3.8, 4) is 0 Å². The Morgan fingerprint density at radius 2 is 1.92 bits per heavy atom. The summed E-state index contributed by atoms with van der Waals surface area (Å²) in [7, 11) is 0. The van der Waals surface area contributed by atoms with Crippen LogP contribution in [0.15, 0.2) is 30.3 Å². The molecule has 6 nitrogen and oxygen atoms in total. The van der Waals surface area contributed by atoms with Gasteiger partial charge in [0.25, 0.3) is 0 Å². The van der Waals surface area contributed by atoms with Crippen molar-refractivity contribution in [2.24, 2.45) is 11.7 Å². The van der Waals surface area contributed by atoms with Gasteiger partial charge < -0.3 is 10.6 Å². The molecule has 1 unspecified atom stereocenters. The molecule has 0 aliphatic carbocycles. The van der Waals surface area contributed by atoms with Crippen molar-refractivity contribution in [1.29, 1.82) is 0 Å². The first-order chi connectivity index (χ1) is 11.9. The van der Waals surface area contributed by atoms with E-state index in [0.29, 0.717) is 18.8 Å². The summed E-state index contributed by atoms with van der Waals surface area (Å²) in [4.78, 5) is 25.7. The molecule has 0 spiro atoms. The number of nitrogens with zero attached hydrogens (tertiary/aromatic N) is 1. The summed E-state index contributed by atoms with van der Waals surface area (Å²) in [5.74, 6) is 0.190. The number of hydrogen-bond donors (Lipinski definition) is 3. The Balaban J connectivity index is 1.79. The molecule has 1 aromatic rings. The van der Waals surface area contributed by atoms with Crippen molar-refractivity contribution in [1.82, 2.24) is 10.4 Å². The Labute approximate surface area is 149 Å². The van der Waals surface area contributed by atoms with Gasteiger partial charge in [-0.2, -0.15) is 0 Å². The molecule has 0 bridgehead atoms. The van der Waals surface area contributed by atoms with E-state index in [0.717, 1.165) is 44.3 Å². The molecule has 1 saturated heterocycles. The highest BCUT2D eigenvalue weighted by Gasteiger charge is 2.34. The quantitative estimate of drug-likeness (QED) is 0.518. The third-order valence-corrected chi connectivity index (χ3v) is 4.95. The second-order valence-electron chi connectivity index (χ2n) is 7.24. The molecule has 138 valence electrons. The van der Waals surface area contributed by atoms with Gasteiger partial charge in [0.1, 0.15) is 0 Å². The maximum atomic E-state index is 12.8. The van der Waals surface area contributed by atoms with Crippen LogP contribution in [-0.4, -0.2) is 40.5 Å². The predicted octanol–water partition coefficient (Wildman–Crippen LogP) is 1.86. The first-order valence-corrected chi connectivity index (χ1v) is 8.97. The van der Waals surface area contributed by atoms with E-state index in [2.05, 4.69) is 0 Å². The molecular weight excluding hydrogens is 318 g/mol. The zero-order valence-corrected chi connectivity index (χ0v) is 14.9. The Kier molecular flexibility index (Phi) is 6.96. The molecule has 0 radical (unpaired) electrons. The summed E-state index contributed by atoms with van der Waals surface area (Å²) >= 11 is 0. The molecule has 1 aromatic carbocycles. The number of likely N-dealkylation sites (tertiary alicyclic amines) is 1. The summed E-state index contributed by atoms with van der Waals surface area (Å²) in [5, 5.41) is 8.49. The molecule has 4 N–H and O–H groups in total. The van der Waals surface area contributed by atoms with Crippen LogP contribution in [0.25, 0.3) is 0 Å². The Bertz CT molecular complexity index is 567. The van der Waals surface area contributed by atoms with Crippen LogP contribution < -0.4 is 11.2 Å². The zero-order valence-electron chi connectivity index (χ0n) is 14.9. The van der Waals surface area contributed by atoms with Gasteiger partial charge in [-0.15, -0.1) is 0 Å². The van der Waals surface area contributed by atoms with Crippen LogP contribution in [0.2, 0.25) is 0 Å². The lowest BCUT2D eigenvalue weighted by Crippen LogP contribution is -2.56. The average Bonchev–Trinajstić information content (AvgIpc) is 2.62. The van der Waals surface area contributed by atoms with Crippen molar-refractivity contribution in [3.05, 3.63) is 35.9 Å². The van der Waals surface area contributed by atoms with E-state index >= 15 is 0 Å². The number of piperidine rings is 1. The maximum Gasteiger partial charge on any atom is 0.243 e. The Hall–Kier alpha value is -1.92. The van der Waals surface area contributed by atoms with Crippen LogP contribution in [0.4, 0.5) is 0 Å². The SMILES string of the molecule is CC(N)(Cc1ccccc1)C(=O)N1CCC(CCCC(=O)NO)CC1. The standard InChI is InChI=1S/C19H29N3O3/c1-19(20,14-16-6-3-2-4-7-16)18(24)22-12-10-15(11-13-22)8-5-9-17(23)21-25/h2-4,6-7,15,25H,5,8-14,20H2,1H3,(H,21,23). The Morgan fingerprint density at radius 3 is 2.52 bits per heavy atom. The number of rotatable bonds is 7. The molecule has 1 atom stereocenters. The van der Waals surface area contributed by atoms with Crippen LogP contribution in [0.3, 0.4) is 0 Å². The largest absolute Gasteiger partial charge is 0.341 e. The number of amides is 2. The van der Waals surface area contributed by atoms with Gasteiger partial charge in [0.2, 0.25) is 11.8 Å². The van der Waals surface area contributed by atoms with Gasteiger partial charge in [-0.1, -0.05) is 30.3 Å². The summed E-state index contributed by atoms with van der Waals surface area (Å²) in [6, 6.07) is 9.85. The molecule has 0 saturated carbocycles. The summed E-state index contributed by atoms with van der Waals surface area (Å²) in [6.07, 6.45) is 4.45. The minimum Gasteiger partial charge on any atom is -0.341 e. The number of carbonyl (C=O) groups is 2. The summed E-state index contributed by atoms with van der Waals surface area (Å²) in [5.41, 5.74) is 8.15. The fourth-order valence-electron chi connectivity index (χ4n) is 3.49. The molecule has 6 heteroatoms. The second kappa shape index (κ2) is 8.97. The third-order valence-electron chi connectivity index (χ3n) is 4.95. The van der Waals surface area contributed by atoms with Gasteiger partial charge in [0, 0.05) is 19.5 Å². The van der Waals surface area contributed by atoms with Crippen molar-refractivity contribution >= 4 is 11.8 Å². The molecule has 1 aliphatic rings. The van der Waals surface area contributed by atoms with Crippen molar-refractivity contribution in [2.45, 2.75) is 51.0 Å². The fourth-order valence-corrected chi connectivity index (χ4v) is 3.49. The van der Waals surface area contributed by atoms with Crippen molar-refractivity contribution in [3.63, 3.8) is 0 Å². The highest BCUT2D eigenvalue weighted by Crippen LogP contribution is 2.24. The lowest BCUT2D eigenvalue weighted by molar-refractivity contribution is -0.137. The van der Waals surface area contributed by atoms with Crippen molar-refractivity contribution in [2.75, 3.05) is 13.1 Å². The minimum absolute atomic E-state index is 0.00876. The highest BCUT2D eigenvalue weighted by atomic mass is 16.5. The number of hydroxylamine groups is 1. The normalized spacial score (nSPS) is 17.8. The van der Waals surface area contributed by atoms with Gasteiger partial charge >= 0.3 is 0 Å². The number of hydrogen-bond acceptors (Lipinski definition) is 4. The smallest absolute Gasteiger partial charge is 0.243 e. The zero-order chi connectivity index (χ0) is 18.3. The highest BCUT2D eigenvalue weighted by molar-refractivity contribution is 5.86. The fraction of sp³-hybridized carbons (Fsp3) is 0.579. The molecule has 2 rings (SSSR count). The van der Waals surface area contributed by atoms with Gasteiger partial charge in [0.15, 0.2) is 0 Å². The lowest BCUT2D eigenvalue weighted by atomic mass is 9.88. The topological polar surface area (TPSA) is 95.7 Å². The summed E-state index contributed by atoms with van der Waals surface area (Å²) in [6.45, 7) is 3.25. The van der Waals surface area contributed by atoms with Gasteiger partial charge in [0.05, 0.1) is 5.54 Å². The Morgan fingerprint density at radius 1 is 1.28 bits per heavy atom. The van der Waals surface area contributed by atoms with Crippen molar-refractivity contribution < 1.29 is 14.8 Å². The van der Waals surface area contributed by atoms with Crippen LogP contribution in [-0.2, 0) is 16.0 Å². The van der Waals surface area contributed by atoms with Crippen LogP contribution >= 0.6 is 0 Å². The monoisotopic (exact) mass is 347 g/mol. The minimum atomic E-state index is -0.895. The third kappa shape index (κ3) is 5.83. The molecule has 0 aromatic heterocycles. The molecule has 2 amide bonds. The first kappa shape index (κ1) is 19.4. The molecule has 25 heavy (non-hydrogen) atoms. The van der Waals surface area contributed by atoms with E-state index in [1.165, 1.54) is 0 Å². The molecular formula is C19H29N3O3. The number of nitrogens with one attached hydrogen (secondary N) is 1. The second-order valence-corrected chi connectivity index (χ2v) is 7.24. The van der Waals surface area contributed by atoms with Gasteiger partial charge in [-0.25, -0.2) is 5.48 Å². The molecule has 1 heterocycles. The van der Waals surface area contributed by atoms with Crippen LogP contribution in [0.5, 0.6) is 0 Å². The van der Waals surface area contributed by atoms with E-state index in [9.17, 15) is 9.59 Å². The van der Waals surface area contributed by atoms with E-state index in [4.69, 9.17) is 10.9 Å². The van der Waals surface area contributed by atoms with Gasteiger partial charge in [-0.3, -0.25) is 14.8 Å². The van der Waals surface area contributed by atoms with E-state index in [1.807, 2.05) is 42.2 Å². The molecule has 1 fully saturated rings. The summed E-state index contributed by atoms with van der Waals surface area (Å²) < 4.78 is 0.